The zero-order chi connectivity index (χ0) is 10.7. The Morgan fingerprint density at radius 2 is 2.07 bits per heavy atom. The first-order valence-corrected chi connectivity index (χ1v) is 5.75. The van der Waals surface area contributed by atoms with Gasteiger partial charge in [-0.05, 0) is 40.3 Å². The van der Waals surface area contributed by atoms with E-state index in [1.807, 2.05) is 24.3 Å². The quantitative estimate of drug-likeness (QED) is 0.854. The Bertz CT molecular complexity index is 411. The SMILES string of the molecule is OC(Cc1ccc(I)cc1)c1ncc[nH]1. The van der Waals surface area contributed by atoms with Crippen LogP contribution in [0.25, 0.3) is 0 Å². The van der Waals surface area contributed by atoms with Crippen molar-refractivity contribution in [2.75, 3.05) is 0 Å². The zero-order valence-electron chi connectivity index (χ0n) is 8.02. The molecule has 0 radical (unpaired) electrons. The average molecular weight is 314 g/mol. The lowest BCUT2D eigenvalue weighted by Gasteiger charge is -2.07. The molecule has 4 heteroatoms. The van der Waals surface area contributed by atoms with E-state index in [4.69, 9.17) is 0 Å². The number of aliphatic hydroxyl groups is 1. The van der Waals surface area contributed by atoms with E-state index in [-0.39, 0.29) is 0 Å². The minimum Gasteiger partial charge on any atom is -0.385 e. The summed E-state index contributed by atoms with van der Waals surface area (Å²) in [5, 5.41) is 9.84. The molecule has 15 heavy (non-hydrogen) atoms. The third kappa shape index (κ3) is 2.79. The molecule has 0 saturated heterocycles. The number of hydrogen-bond donors (Lipinski definition) is 2. The number of aliphatic hydroxyl groups excluding tert-OH is 1. The summed E-state index contributed by atoms with van der Waals surface area (Å²) in [7, 11) is 0. The molecule has 0 spiro atoms. The maximum absolute atomic E-state index is 9.84. The Kier molecular flexibility index (Phi) is 3.37. The number of halogens is 1. The third-order valence-corrected chi connectivity index (χ3v) is 2.90. The van der Waals surface area contributed by atoms with Crippen LogP contribution in [0.5, 0.6) is 0 Å². The van der Waals surface area contributed by atoms with E-state index in [0.717, 1.165) is 5.56 Å². The lowest BCUT2D eigenvalue weighted by Crippen LogP contribution is -2.03. The number of imidazole rings is 1. The summed E-state index contributed by atoms with van der Waals surface area (Å²) in [6.07, 6.45) is 3.39. The van der Waals surface area contributed by atoms with E-state index < -0.39 is 6.10 Å². The summed E-state index contributed by atoms with van der Waals surface area (Å²) in [5.74, 6) is 0.619. The summed E-state index contributed by atoms with van der Waals surface area (Å²) in [5.41, 5.74) is 1.11. The molecule has 1 atom stereocenters. The maximum Gasteiger partial charge on any atom is 0.135 e. The van der Waals surface area contributed by atoms with Gasteiger partial charge in [0.15, 0.2) is 0 Å². The molecule has 0 saturated carbocycles. The Hall–Kier alpha value is -0.880. The molecule has 0 aliphatic carbocycles. The topological polar surface area (TPSA) is 48.9 Å². The minimum absolute atomic E-state index is 0.555. The Labute approximate surface area is 102 Å². The second kappa shape index (κ2) is 4.76. The summed E-state index contributed by atoms with van der Waals surface area (Å²) >= 11 is 2.26. The number of hydrogen-bond acceptors (Lipinski definition) is 2. The average Bonchev–Trinajstić information content (AvgIpc) is 2.74. The van der Waals surface area contributed by atoms with Crippen LogP contribution in [-0.2, 0) is 6.42 Å². The first-order valence-electron chi connectivity index (χ1n) is 4.67. The highest BCUT2D eigenvalue weighted by molar-refractivity contribution is 14.1. The molecule has 1 aromatic heterocycles. The van der Waals surface area contributed by atoms with Gasteiger partial charge in [0, 0.05) is 22.4 Å². The van der Waals surface area contributed by atoms with Crippen LogP contribution < -0.4 is 0 Å². The molecular formula is C11H11IN2O. The fourth-order valence-electron chi connectivity index (χ4n) is 1.40. The predicted octanol–water partition coefficient (Wildman–Crippen LogP) is 2.29. The summed E-state index contributed by atoms with van der Waals surface area (Å²) in [4.78, 5) is 6.93. The number of aromatic nitrogens is 2. The standard InChI is InChI=1S/C11H11IN2O/c12-9-3-1-8(2-4-9)7-10(15)11-13-5-6-14-11/h1-6,10,15H,7H2,(H,13,14). The van der Waals surface area contributed by atoms with Gasteiger partial charge >= 0.3 is 0 Å². The van der Waals surface area contributed by atoms with Gasteiger partial charge in [0.05, 0.1) is 0 Å². The first-order chi connectivity index (χ1) is 7.25. The van der Waals surface area contributed by atoms with E-state index >= 15 is 0 Å². The molecule has 0 amide bonds. The molecule has 3 nitrogen and oxygen atoms in total. The highest BCUT2D eigenvalue weighted by Crippen LogP contribution is 2.15. The molecule has 1 aromatic carbocycles. The van der Waals surface area contributed by atoms with Crippen LogP contribution in [0.3, 0.4) is 0 Å². The highest BCUT2D eigenvalue weighted by Gasteiger charge is 2.10. The van der Waals surface area contributed by atoms with Crippen molar-refractivity contribution >= 4 is 22.6 Å². The minimum atomic E-state index is -0.555. The van der Waals surface area contributed by atoms with Gasteiger partial charge < -0.3 is 10.1 Å². The van der Waals surface area contributed by atoms with Crippen LogP contribution in [0.15, 0.2) is 36.7 Å². The summed E-state index contributed by atoms with van der Waals surface area (Å²) < 4.78 is 1.20. The highest BCUT2D eigenvalue weighted by atomic mass is 127. The fourth-order valence-corrected chi connectivity index (χ4v) is 1.76. The van der Waals surface area contributed by atoms with Gasteiger partial charge in [-0.1, -0.05) is 12.1 Å². The fraction of sp³-hybridized carbons (Fsp3) is 0.182. The number of H-pyrrole nitrogens is 1. The Morgan fingerprint density at radius 3 is 2.67 bits per heavy atom. The molecule has 1 unspecified atom stereocenters. The predicted molar refractivity (Wildman–Crippen MR) is 66.4 cm³/mol. The third-order valence-electron chi connectivity index (χ3n) is 2.18. The smallest absolute Gasteiger partial charge is 0.135 e. The molecule has 0 aliphatic rings. The van der Waals surface area contributed by atoms with Gasteiger partial charge in [-0.2, -0.15) is 0 Å². The summed E-state index contributed by atoms with van der Waals surface area (Å²) in [6.45, 7) is 0. The number of aromatic amines is 1. The largest absolute Gasteiger partial charge is 0.385 e. The second-order valence-electron chi connectivity index (χ2n) is 3.32. The van der Waals surface area contributed by atoms with Crippen molar-refractivity contribution in [1.29, 1.82) is 0 Å². The van der Waals surface area contributed by atoms with Gasteiger partial charge in [-0.25, -0.2) is 4.98 Å². The Balaban J connectivity index is 2.06. The van der Waals surface area contributed by atoms with Crippen LogP contribution in [0.2, 0.25) is 0 Å². The van der Waals surface area contributed by atoms with Gasteiger partial charge in [-0.15, -0.1) is 0 Å². The van der Waals surface area contributed by atoms with Crippen molar-refractivity contribution in [1.82, 2.24) is 9.97 Å². The molecule has 78 valence electrons. The number of rotatable bonds is 3. The van der Waals surface area contributed by atoms with Gasteiger partial charge in [0.1, 0.15) is 11.9 Å². The normalized spacial score (nSPS) is 12.7. The molecule has 0 aliphatic heterocycles. The maximum atomic E-state index is 9.84. The molecule has 1 heterocycles. The first kappa shape index (κ1) is 10.6. The molecule has 0 fully saturated rings. The number of benzene rings is 1. The Morgan fingerprint density at radius 1 is 1.33 bits per heavy atom. The van der Waals surface area contributed by atoms with E-state index in [1.54, 1.807) is 12.4 Å². The van der Waals surface area contributed by atoms with Crippen molar-refractivity contribution in [2.24, 2.45) is 0 Å². The molecule has 2 N–H and O–H groups in total. The monoisotopic (exact) mass is 314 g/mol. The lowest BCUT2D eigenvalue weighted by atomic mass is 10.1. The molecule has 0 bridgehead atoms. The van der Waals surface area contributed by atoms with Gasteiger partial charge in [0.2, 0.25) is 0 Å². The van der Waals surface area contributed by atoms with Crippen LogP contribution in [0.1, 0.15) is 17.5 Å². The van der Waals surface area contributed by atoms with Crippen molar-refractivity contribution in [3.63, 3.8) is 0 Å². The molecule has 2 aromatic rings. The zero-order valence-corrected chi connectivity index (χ0v) is 10.2. The van der Waals surface area contributed by atoms with E-state index in [9.17, 15) is 5.11 Å². The molecular weight excluding hydrogens is 303 g/mol. The number of nitrogens with zero attached hydrogens (tertiary/aromatic N) is 1. The summed E-state index contributed by atoms with van der Waals surface area (Å²) in [6, 6.07) is 8.11. The lowest BCUT2D eigenvalue weighted by molar-refractivity contribution is 0.169. The van der Waals surface area contributed by atoms with E-state index in [2.05, 4.69) is 32.6 Å². The van der Waals surface area contributed by atoms with Crippen LogP contribution in [0, 0.1) is 3.57 Å². The van der Waals surface area contributed by atoms with Crippen molar-refractivity contribution in [3.8, 4) is 0 Å². The van der Waals surface area contributed by atoms with Crippen molar-refractivity contribution in [3.05, 3.63) is 51.6 Å². The van der Waals surface area contributed by atoms with Crippen LogP contribution >= 0.6 is 22.6 Å². The van der Waals surface area contributed by atoms with Crippen molar-refractivity contribution in [2.45, 2.75) is 12.5 Å². The van der Waals surface area contributed by atoms with Gasteiger partial charge in [0.25, 0.3) is 0 Å². The van der Waals surface area contributed by atoms with Crippen molar-refractivity contribution < 1.29 is 5.11 Å². The van der Waals surface area contributed by atoms with Crippen LogP contribution in [-0.4, -0.2) is 15.1 Å². The van der Waals surface area contributed by atoms with E-state index in [1.165, 1.54) is 3.57 Å². The van der Waals surface area contributed by atoms with E-state index in [0.29, 0.717) is 12.2 Å². The molecule has 2 rings (SSSR count). The second-order valence-corrected chi connectivity index (χ2v) is 4.57. The van der Waals surface area contributed by atoms with Crippen LogP contribution in [0.4, 0.5) is 0 Å². The number of nitrogens with one attached hydrogen (secondary N) is 1. The van der Waals surface area contributed by atoms with Gasteiger partial charge in [-0.3, -0.25) is 0 Å².